The van der Waals surface area contributed by atoms with Crippen molar-refractivity contribution in [1.29, 1.82) is 0 Å². The maximum atomic E-state index is 13.2. The number of alkyl halides is 3. The Bertz CT molecular complexity index is 993. The highest BCUT2D eigenvalue weighted by Crippen LogP contribution is 2.40. The molecule has 1 fully saturated rings. The quantitative estimate of drug-likeness (QED) is 0.756. The van der Waals surface area contributed by atoms with Gasteiger partial charge >= 0.3 is 6.18 Å². The molecular weight excluding hydrogens is 357 g/mol. The van der Waals surface area contributed by atoms with Crippen molar-refractivity contribution in [3.8, 4) is 11.3 Å². The van der Waals surface area contributed by atoms with Gasteiger partial charge in [-0.2, -0.15) is 13.2 Å². The van der Waals surface area contributed by atoms with Crippen LogP contribution in [0.5, 0.6) is 0 Å². The highest BCUT2D eigenvalue weighted by atomic mass is 19.4. The van der Waals surface area contributed by atoms with Crippen LogP contribution < -0.4 is 5.32 Å². The van der Waals surface area contributed by atoms with E-state index in [9.17, 15) is 18.0 Å². The van der Waals surface area contributed by atoms with Gasteiger partial charge in [-0.15, -0.1) is 0 Å². The first kappa shape index (κ1) is 17.5. The average molecular weight is 374 g/mol. The molecule has 0 radical (unpaired) electrons. The number of hydrogen-bond acceptors (Lipinski definition) is 3. The molecule has 0 saturated heterocycles. The van der Waals surface area contributed by atoms with Crippen molar-refractivity contribution in [1.82, 2.24) is 19.7 Å². The largest absolute Gasteiger partial charge is 0.408 e. The van der Waals surface area contributed by atoms with Gasteiger partial charge in [-0.05, 0) is 49.9 Å². The van der Waals surface area contributed by atoms with Crippen LogP contribution >= 0.6 is 0 Å². The average Bonchev–Trinajstić information content (AvgIpc) is 3.37. The molecule has 1 aliphatic carbocycles. The molecule has 3 aromatic heterocycles. The lowest BCUT2D eigenvalue weighted by Gasteiger charge is -2.21. The van der Waals surface area contributed by atoms with Gasteiger partial charge in [0.15, 0.2) is 0 Å². The molecule has 3 aromatic rings. The summed E-state index contributed by atoms with van der Waals surface area (Å²) < 4.78 is 41.4. The molecule has 0 aromatic carbocycles. The van der Waals surface area contributed by atoms with Crippen molar-refractivity contribution < 1.29 is 18.0 Å². The normalized spacial score (nSPS) is 15.7. The summed E-state index contributed by atoms with van der Waals surface area (Å²) in [5.41, 5.74) is 2.63. The summed E-state index contributed by atoms with van der Waals surface area (Å²) in [6, 6.07) is 5.13. The zero-order chi connectivity index (χ0) is 19.2. The highest BCUT2D eigenvalue weighted by Gasteiger charge is 2.49. The first-order valence-electron chi connectivity index (χ1n) is 8.61. The number of hydrogen-bond donors (Lipinski definition) is 1. The molecule has 0 bridgehead atoms. The van der Waals surface area contributed by atoms with Crippen LogP contribution in [0.4, 0.5) is 13.2 Å². The number of carbonyl (C=O) groups is 1. The van der Waals surface area contributed by atoms with Crippen molar-refractivity contribution in [3.05, 3.63) is 54.1 Å². The fraction of sp³-hybridized carbons (Fsp3) is 0.316. The number of nitrogens with one attached hydrogen (secondary N) is 1. The molecule has 1 aliphatic rings. The first-order chi connectivity index (χ1) is 12.8. The van der Waals surface area contributed by atoms with Gasteiger partial charge in [0.25, 0.3) is 5.91 Å². The maximum absolute atomic E-state index is 13.2. The van der Waals surface area contributed by atoms with E-state index in [2.05, 4.69) is 15.3 Å². The summed E-state index contributed by atoms with van der Waals surface area (Å²) >= 11 is 0. The smallest absolute Gasteiger partial charge is 0.340 e. The number of fused-ring (bicyclic) bond motifs is 1. The van der Waals surface area contributed by atoms with Crippen LogP contribution in [-0.2, 0) is 0 Å². The Labute approximate surface area is 153 Å². The molecule has 0 aliphatic heterocycles. The molecule has 1 unspecified atom stereocenters. The zero-order valence-corrected chi connectivity index (χ0v) is 14.5. The molecule has 140 valence electrons. The fourth-order valence-corrected chi connectivity index (χ4v) is 3.19. The Kier molecular flexibility index (Phi) is 4.13. The van der Waals surface area contributed by atoms with Crippen LogP contribution in [0, 0.1) is 12.8 Å². The summed E-state index contributed by atoms with van der Waals surface area (Å²) in [6.45, 7) is 1.85. The lowest BCUT2D eigenvalue weighted by atomic mass is 10.1. The van der Waals surface area contributed by atoms with Crippen molar-refractivity contribution in [3.63, 3.8) is 0 Å². The number of aryl methyl sites for hydroxylation is 1. The predicted molar refractivity (Wildman–Crippen MR) is 93.2 cm³/mol. The Morgan fingerprint density at radius 2 is 2.11 bits per heavy atom. The second-order valence-corrected chi connectivity index (χ2v) is 6.78. The summed E-state index contributed by atoms with van der Waals surface area (Å²) in [4.78, 5) is 21.1. The van der Waals surface area contributed by atoms with Crippen LogP contribution in [0.2, 0.25) is 0 Å². The third-order valence-electron chi connectivity index (χ3n) is 4.75. The first-order valence-corrected chi connectivity index (χ1v) is 8.61. The van der Waals surface area contributed by atoms with Gasteiger partial charge in [-0.1, -0.05) is 0 Å². The van der Waals surface area contributed by atoms with E-state index in [0.29, 0.717) is 24.2 Å². The minimum Gasteiger partial charge on any atom is -0.340 e. The third-order valence-corrected chi connectivity index (χ3v) is 4.75. The number of pyridine rings is 1. The Hall–Kier alpha value is -2.90. The van der Waals surface area contributed by atoms with Crippen molar-refractivity contribution in [2.24, 2.45) is 5.92 Å². The molecular formula is C19H17F3N4O. The number of amides is 1. The SMILES string of the molecule is Cc1cc(-c2cccnc2)nc2c(C(=O)NC(C3CC3)C(F)(F)F)ccn12. The lowest BCUT2D eigenvalue weighted by Crippen LogP contribution is -2.46. The molecule has 1 amide bonds. The van der Waals surface area contributed by atoms with Gasteiger partial charge in [0.1, 0.15) is 11.7 Å². The highest BCUT2D eigenvalue weighted by molar-refractivity contribution is 6.00. The van der Waals surface area contributed by atoms with E-state index < -0.39 is 24.0 Å². The maximum Gasteiger partial charge on any atom is 0.408 e. The van der Waals surface area contributed by atoms with Crippen LogP contribution in [0.15, 0.2) is 42.9 Å². The minimum absolute atomic E-state index is 0.124. The summed E-state index contributed by atoms with van der Waals surface area (Å²) in [6.07, 6.45) is 1.41. The van der Waals surface area contributed by atoms with E-state index in [4.69, 9.17) is 0 Å². The zero-order valence-electron chi connectivity index (χ0n) is 14.5. The molecule has 5 nitrogen and oxygen atoms in total. The van der Waals surface area contributed by atoms with Gasteiger partial charge in [0.2, 0.25) is 0 Å². The Morgan fingerprint density at radius 1 is 1.33 bits per heavy atom. The van der Waals surface area contributed by atoms with Crippen LogP contribution in [0.1, 0.15) is 28.9 Å². The van der Waals surface area contributed by atoms with Crippen LogP contribution in [0.25, 0.3) is 16.9 Å². The van der Waals surface area contributed by atoms with Crippen molar-refractivity contribution in [2.75, 3.05) is 0 Å². The van der Waals surface area contributed by atoms with Gasteiger partial charge in [0, 0.05) is 29.8 Å². The topological polar surface area (TPSA) is 59.3 Å². The molecule has 3 heterocycles. The minimum atomic E-state index is -4.46. The molecule has 4 rings (SSSR count). The number of carbonyl (C=O) groups excluding carboxylic acids is 1. The van der Waals surface area contributed by atoms with E-state index >= 15 is 0 Å². The predicted octanol–water partition coefficient (Wildman–Crippen LogP) is 3.78. The molecule has 1 atom stereocenters. The van der Waals surface area contributed by atoms with E-state index in [-0.39, 0.29) is 5.56 Å². The van der Waals surface area contributed by atoms with Crippen molar-refractivity contribution >= 4 is 11.6 Å². The van der Waals surface area contributed by atoms with Gasteiger partial charge < -0.3 is 9.72 Å². The Balaban J connectivity index is 1.71. The molecule has 0 spiro atoms. The van der Waals surface area contributed by atoms with E-state index in [1.165, 1.54) is 6.07 Å². The number of aromatic nitrogens is 3. The second kappa shape index (κ2) is 6.37. The fourth-order valence-electron chi connectivity index (χ4n) is 3.19. The summed E-state index contributed by atoms with van der Waals surface area (Å²) in [5.74, 6) is -1.30. The van der Waals surface area contributed by atoms with E-state index in [1.807, 2.05) is 19.1 Å². The molecule has 1 N–H and O–H groups in total. The van der Waals surface area contributed by atoms with Crippen LogP contribution in [-0.4, -0.2) is 32.5 Å². The van der Waals surface area contributed by atoms with Gasteiger partial charge in [-0.3, -0.25) is 9.78 Å². The second-order valence-electron chi connectivity index (χ2n) is 6.78. The van der Waals surface area contributed by atoms with E-state index in [1.54, 1.807) is 29.1 Å². The van der Waals surface area contributed by atoms with Crippen LogP contribution in [0.3, 0.4) is 0 Å². The molecule has 27 heavy (non-hydrogen) atoms. The number of nitrogens with zero attached hydrogens (tertiary/aromatic N) is 3. The number of rotatable bonds is 4. The summed E-state index contributed by atoms with van der Waals surface area (Å²) in [7, 11) is 0. The van der Waals surface area contributed by atoms with Gasteiger partial charge in [0.05, 0.1) is 11.3 Å². The third kappa shape index (κ3) is 3.39. The monoisotopic (exact) mass is 374 g/mol. The Morgan fingerprint density at radius 3 is 2.74 bits per heavy atom. The standard InChI is InChI=1S/C19H17F3N4O/c1-11-9-15(13-3-2-7-23-10-13)24-17-14(6-8-26(11)17)18(27)25-16(12-4-5-12)19(20,21)22/h2-3,6-10,12,16H,4-5H2,1H3,(H,25,27). The molecule has 8 heteroatoms. The number of halogens is 3. The van der Waals surface area contributed by atoms with Gasteiger partial charge in [-0.25, -0.2) is 4.98 Å². The molecule has 1 saturated carbocycles. The summed E-state index contributed by atoms with van der Waals surface area (Å²) in [5, 5.41) is 2.16. The van der Waals surface area contributed by atoms with E-state index in [0.717, 1.165) is 11.3 Å². The van der Waals surface area contributed by atoms with Crippen molar-refractivity contribution in [2.45, 2.75) is 32.0 Å². The lowest BCUT2D eigenvalue weighted by molar-refractivity contribution is -0.158.